The van der Waals surface area contributed by atoms with Crippen LogP contribution in [0.1, 0.15) is 10.4 Å². The Hall–Kier alpha value is -1.36. The third kappa shape index (κ3) is 2.06. The standard InChI is InChI=1S/C8H7NO3S/c1-13-8-4-7(9(11)12)3-2-6(8)5-10/h2-5H,1H3. The Labute approximate surface area is 79.1 Å². The fourth-order valence-electron chi connectivity index (χ4n) is 0.911. The number of thioether (sulfide) groups is 1. The monoisotopic (exact) mass is 197 g/mol. The minimum atomic E-state index is -0.478. The first-order chi connectivity index (χ1) is 6.19. The highest BCUT2D eigenvalue weighted by Gasteiger charge is 2.08. The van der Waals surface area contributed by atoms with E-state index in [-0.39, 0.29) is 5.69 Å². The van der Waals surface area contributed by atoms with Gasteiger partial charge in [-0.15, -0.1) is 11.8 Å². The molecule has 0 amide bonds. The molecule has 13 heavy (non-hydrogen) atoms. The van der Waals surface area contributed by atoms with Crippen LogP contribution in [0.2, 0.25) is 0 Å². The van der Waals surface area contributed by atoms with Gasteiger partial charge in [-0.3, -0.25) is 14.9 Å². The van der Waals surface area contributed by atoms with Gasteiger partial charge in [0, 0.05) is 22.6 Å². The molecule has 0 saturated carbocycles. The van der Waals surface area contributed by atoms with E-state index < -0.39 is 4.92 Å². The lowest BCUT2D eigenvalue weighted by atomic mass is 10.2. The molecule has 0 aromatic heterocycles. The highest BCUT2D eigenvalue weighted by atomic mass is 32.2. The molecule has 0 N–H and O–H groups in total. The van der Waals surface area contributed by atoms with E-state index in [1.54, 1.807) is 6.26 Å². The van der Waals surface area contributed by atoms with Gasteiger partial charge in [-0.05, 0) is 12.3 Å². The van der Waals surface area contributed by atoms with E-state index in [0.29, 0.717) is 16.7 Å². The molecule has 5 heteroatoms. The first kappa shape index (κ1) is 9.73. The first-order valence-corrected chi connectivity index (χ1v) is 4.69. The summed E-state index contributed by atoms with van der Waals surface area (Å²) < 4.78 is 0. The molecule has 0 unspecified atom stereocenters. The number of nitrogens with zero attached hydrogens (tertiary/aromatic N) is 1. The van der Waals surface area contributed by atoms with Gasteiger partial charge in [-0.1, -0.05) is 0 Å². The van der Waals surface area contributed by atoms with Crippen LogP contribution in [0.25, 0.3) is 0 Å². The molecule has 0 aliphatic rings. The second kappa shape index (κ2) is 4.04. The Morgan fingerprint density at radius 2 is 2.23 bits per heavy atom. The van der Waals surface area contributed by atoms with Crippen molar-refractivity contribution >= 4 is 23.7 Å². The Morgan fingerprint density at radius 3 is 2.69 bits per heavy atom. The molecule has 0 radical (unpaired) electrons. The van der Waals surface area contributed by atoms with Crippen molar-refractivity contribution in [2.75, 3.05) is 6.26 Å². The fourth-order valence-corrected chi connectivity index (χ4v) is 1.50. The van der Waals surface area contributed by atoms with Crippen LogP contribution in [-0.4, -0.2) is 17.5 Å². The van der Waals surface area contributed by atoms with Crippen molar-refractivity contribution in [3.8, 4) is 0 Å². The second-order valence-electron chi connectivity index (χ2n) is 2.30. The summed E-state index contributed by atoms with van der Waals surface area (Å²) in [6, 6.07) is 4.18. The summed E-state index contributed by atoms with van der Waals surface area (Å²) >= 11 is 1.32. The van der Waals surface area contributed by atoms with Gasteiger partial charge in [0.1, 0.15) is 0 Å². The average Bonchev–Trinajstić information content (AvgIpc) is 2.16. The summed E-state index contributed by atoms with van der Waals surface area (Å²) in [4.78, 5) is 21.0. The maximum absolute atomic E-state index is 10.5. The normalized spacial score (nSPS) is 9.62. The number of aldehydes is 1. The molecule has 1 aromatic rings. The van der Waals surface area contributed by atoms with Gasteiger partial charge in [0.25, 0.3) is 5.69 Å². The number of hydrogen-bond acceptors (Lipinski definition) is 4. The molecule has 0 atom stereocenters. The summed E-state index contributed by atoms with van der Waals surface area (Å²) in [6.45, 7) is 0. The van der Waals surface area contributed by atoms with E-state index >= 15 is 0 Å². The van der Waals surface area contributed by atoms with Crippen molar-refractivity contribution in [2.24, 2.45) is 0 Å². The minimum Gasteiger partial charge on any atom is -0.298 e. The second-order valence-corrected chi connectivity index (χ2v) is 3.15. The summed E-state index contributed by atoms with van der Waals surface area (Å²) in [5.74, 6) is 0. The maximum atomic E-state index is 10.5. The highest BCUT2D eigenvalue weighted by molar-refractivity contribution is 7.98. The van der Waals surface area contributed by atoms with E-state index in [1.165, 1.54) is 30.0 Å². The Bertz CT molecular complexity index is 351. The zero-order chi connectivity index (χ0) is 9.84. The lowest BCUT2D eigenvalue weighted by molar-refractivity contribution is -0.385. The van der Waals surface area contributed by atoms with Gasteiger partial charge >= 0.3 is 0 Å². The van der Waals surface area contributed by atoms with Crippen LogP contribution in [0, 0.1) is 10.1 Å². The van der Waals surface area contributed by atoms with E-state index in [0.717, 1.165) is 0 Å². The number of carbonyl (C=O) groups is 1. The minimum absolute atomic E-state index is 0.00921. The average molecular weight is 197 g/mol. The Morgan fingerprint density at radius 1 is 1.54 bits per heavy atom. The van der Waals surface area contributed by atoms with Crippen molar-refractivity contribution < 1.29 is 9.72 Å². The number of nitro groups is 1. The van der Waals surface area contributed by atoms with Crippen LogP contribution in [0.5, 0.6) is 0 Å². The van der Waals surface area contributed by atoms with Crippen LogP contribution in [0.4, 0.5) is 5.69 Å². The van der Waals surface area contributed by atoms with Crippen molar-refractivity contribution in [1.82, 2.24) is 0 Å². The van der Waals surface area contributed by atoms with Gasteiger partial charge in [-0.25, -0.2) is 0 Å². The number of hydrogen-bond donors (Lipinski definition) is 0. The number of carbonyl (C=O) groups excluding carboxylic acids is 1. The molecular formula is C8H7NO3S. The van der Waals surface area contributed by atoms with Crippen LogP contribution in [0.3, 0.4) is 0 Å². The molecular weight excluding hydrogens is 190 g/mol. The van der Waals surface area contributed by atoms with Crippen molar-refractivity contribution in [3.63, 3.8) is 0 Å². The quantitative estimate of drug-likeness (QED) is 0.322. The molecule has 1 rings (SSSR count). The lowest BCUT2D eigenvalue weighted by Gasteiger charge is -1.99. The molecule has 0 fully saturated rings. The SMILES string of the molecule is CSc1cc([N+](=O)[O-])ccc1C=O. The van der Waals surface area contributed by atoms with Gasteiger partial charge < -0.3 is 0 Å². The van der Waals surface area contributed by atoms with Crippen LogP contribution >= 0.6 is 11.8 Å². The van der Waals surface area contributed by atoms with Crippen molar-refractivity contribution in [2.45, 2.75) is 4.90 Å². The number of nitro benzene ring substituents is 1. The lowest BCUT2D eigenvalue weighted by Crippen LogP contribution is -1.90. The predicted octanol–water partition coefficient (Wildman–Crippen LogP) is 2.13. The summed E-state index contributed by atoms with van der Waals surface area (Å²) in [5, 5.41) is 10.4. The Balaban J connectivity index is 3.20. The maximum Gasteiger partial charge on any atom is 0.270 e. The van der Waals surface area contributed by atoms with Gasteiger partial charge in [-0.2, -0.15) is 0 Å². The fraction of sp³-hybridized carbons (Fsp3) is 0.125. The van der Waals surface area contributed by atoms with E-state index in [4.69, 9.17) is 0 Å². The first-order valence-electron chi connectivity index (χ1n) is 3.46. The van der Waals surface area contributed by atoms with Crippen molar-refractivity contribution in [1.29, 1.82) is 0 Å². The number of benzene rings is 1. The topological polar surface area (TPSA) is 60.2 Å². The third-order valence-corrected chi connectivity index (χ3v) is 2.35. The molecule has 0 aliphatic carbocycles. The summed E-state index contributed by atoms with van der Waals surface area (Å²) in [6.07, 6.45) is 2.46. The smallest absolute Gasteiger partial charge is 0.270 e. The van der Waals surface area contributed by atoms with E-state index in [9.17, 15) is 14.9 Å². The Kier molecular flexibility index (Phi) is 3.02. The predicted molar refractivity (Wildman–Crippen MR) is 50.3 cm³/mol. The molecule has 4 nitrogen and oxygen atoms in total. The van der Waals surface area contributed by atoms with Crippen LogP contribution < -0.4 is 0 Å². The molecule has 0 bridgehead atoms. The van der Waals surface area contributed by atoms with Crippen LogP contribution in [-0.2, 0) is 0 Å². The molecule has 0 spiro atoms. The van der Waals surface area contributed by atoms with Gasteiger partial charge in [0.05, 0.1) is 4.92 Å². The van der Waals surface area contributed by atoms with Crippen LogP contribution in [0.15, 0.2) is 23.1 Å². The third-order valence-electron chi connectivity index (χ3n) is 1.55. The summed E-state index contributed by atoms with van der Waals surface area (Å²) in [5.41, 5.74) is 0.494. The van der Waals surface area contributed by atoms with E-state index in [1.807, 2.05) is 0 Å². The molecule has 1 aromatic carbocycles. The largest absolute Gasteiger partial charge is 0.298 e. The highest BCUT2D eigenvalue weighted by Crippen LogP contribution is 2.24. The summed E-state index contributed by atoms with van der Waals surface area (Å²) in [7, 11) is 0. The number of non-ortho nitro benzene ring substituents is 1. The molecule has 0 saturated heterocycles. The number of rotatable bonds is 3. The molecule has 0 heterocycles. The van der Waals surface area contributed by atoms with Gasteiger partial charge in [0.15, 0.2) is 6.29 Å². The zero-order valence-electron chi connectivity index (χ0n) is 6.89. The molecule has 68 valence electrons. The molecule has 0 aliphatic heterocycles. The van der Waals surface area contributed by atoms with E-state index in [2.05, 4.69) is 0 Å². The zero-order valence-corrected chi connectivity index (χ0v) is 7.71. The van der Waals surface area contributed by atoms with Crippen molar-refractivity contribution in [3.05, 3.63) is 33.9 Å². The van der Waals surface area contributed by atoms with Gasteiger partial charge in [0.2, 0.25) is 0 Å².